The molecule has 6 heteroatoms. The minimum atomic E-state index is -4.36. The fourth-order valence-electron chi connectivity index (χ4n) is 0.263. The van der Waals surface area contributed by atoms with Gasteiger partial charge in [0.2, 0.25) is 0 Å². The van der Waals surface area contributed by atoms with E-state index in [0.29, 0.717) is 0 Å². The summed E-state index contributed by atoms with van der Waals surface area (Å²) in [4.78, 5) is 26.8. The summed E-state index contributed by atoms with van der Waals surface area (Å²) in [6.07, 6.45) is 0. The Morgan fingerprint density at radius 2 is 2.11 bits per heavy atom. The van der Waals surface area contributed by atoms with Crippen molar-refractivity contribution >= 4 is 13.7 Å². The molecule has 9 heavy (non-hydrogen) atoms. The fraction of sp³-hybridized carbons (Fsp3) is 0.667. The summed E-state index contributed by atoms with van der Waals surface area (Å²) in [5.74, 6) is 0. The predicted octanol–water partition coefficient (Wildman–Crippen LogP) is 0.180. The minimum absolute atomic E-state index is 0.00841. The van der Waals surface area contributed by atoms with Gasteiger partial charge in [-0.3, -0.25) is 0 Å². The average Bonchev–Trinajstić information content (AvgIpc) is 1.65. The van der Waals surface area contributed by atoms with Crippen molar-refractivity contribution in [2.45, 2.75) is 6.92 Å². The normalized spacial score (nSPS) is 13.2. The zero-order chi connectivity index (χ0) is 7.49. The van der Waals surface area contributed by atoms with Crippen molar-refractivity contribution in [3.63, 3.8) is 0 Å². The van der Waals surface area contributed by atoms with Crippen LogP contribution >= 0.6 is 7.94 Å². The average molecular weight is 156 g/mol. The van der Waals surface area contributed by atoms with E-state index in [2.05, 4.69) is 4.52 Å². The van der Waals surface area contributed by atoms with E-state index < -0.39 is 13.7 Å². The number of hydrogen-bond acceptors (Lipinski definition) is 4. The molecule has 0 heterocycles. The van der Waals surface area contributed by atoms with Crippen LogP contribution in [0.25, 0.3) is 0 Å². The SMILES string of the molecule is CCO[PH](O)(O)C(=O)O. The zero-order valence-electron chi connectivity index (χ0n) is 4.87. The van der Waals surface area contributed by atoms with Crippen LogP contribution in [0.4, 0.5) is 4.79 Å². The molecule has 0 aromatic rings. The Kier molecular flexibility index (Phi) is 3.00. The molecule has 0 aliphatic heterocycles. The Morgan fingerprint density at radius 3 is 2.22 bits per heavy atom. The van der Waals surface area contributed by atoms with Gasteiger partial charge in [-0.15, -0.1) is 0 Å². The first kappa shape index (κ1) is 8.78. The van der Waals surface area contributed by atoms with Gasteiger partial charge in [0.1, 0.15) is 0 Å². The maximum atomic E-state index is 9.85. The van der Waals surface area contributed by atoms with Crippen molar-refractivity contribution in [2.24, 2.45) is 0 Å². The van der Waals surface area contributed by atoms with Gasteiger partial charge in [-0.05, 0) is 0 Å². The van der Waals surface area contributed by atoms with Crippen LogP contribution in [-0.2, 0) is 4.52 Å². The second-order valence-corrected chi connectivity index (χ2v) is 3.28. The van der Waals surface area contributed by atoms with Crippen molar-refractivity contribution < 1.29 is 24.2 Å². The molecule has 0 aliphatic carbocycles. The van der Waals surface area contributed by atoms with Crippen LogP contribution in [-0.4, -0.2) is 27.2 Å². The number of rotatable bonds is 3. The molecule has 0 spiro atoms. The summed E-state index contributed by atoms with van der Waals surface area (Å²) >= 11 is 0. The monoisotopic (exact) mass is 156 g/mol. The fourth-order valence-corrected chi connectivity index (χ4v) is 0.789. The van der Waals surface area contributed by atoms with Crippen LogP contribution in [0, 0.1) is 0 Å². The molecule has 0 saturated heterocycles. The number of carbonyl (C=O) groups is 1. The topological polar surface area (TPSA) is 87.0 Å². The van der Waals surface area contributed by atoms with Gasteiger partial charge >= 0.3 is 51.4 Å². The summed E-state index contributed by atoms with van der Waals surface area (Å²) in [7, 11) is -4.36. The molecule has 0 amide bonds. The Labute approximate surface area is 52.5 Å². The molecule has 56 valence electrons. The standard InChI is InChI=1S/C3H9O5P/c1-2-8-9(6,7)3(4)5/h6-7,9H,2H2,1H3,(H,4,5). The first-order valence-corrected chi connectivity index (χ1v) is 4.13. The van der Waals surface area contributed by atoms with Gasteiger partial charge in [0, 0.05) is 0 Å². The summed E-state index contributed by atoms with van der Waals surface area (Å²) in [5.41, 5.74) is -1.68. The molecule has 0 bridgehead atoms. The zero-order valence-corrected chi connectivity index (χ0v) is 5.87. The Morgan fingerprint density at radius 1 is 1.67 bits per heavy atom. The van der Waals surface area contributed by atoms with Gasteiger partial charge in [0.05, 0.1) is 0 Å². The Balaban J connectivity index is 3.85. The van der Waals surface area contributed by atoms with Crippen LogP contribution in [0.3, 0.4) is 0 Å². The van der Waals surface area contributed by atoms with Crippen LogP contribution in [0.2, 0.25) is 0 Å². The summed E-state index contributed by atoms with van der Waals surface area (Å²) in [5, 5.41) is 8.01. The number of hydrogen-bond donors (Lipinski definition) is 3. The van der Waals surface area contributed by atoms with Gasteiger partial charge in [0.25, 0.3) is 0 Å². The molecule has 5 nitrogen and oxygen atoms in total. The quantitative estimate of drug-likeness (QED) is 0.507. The van der Waals surface area contributed by atoms with Crippen molar-refractivity contribution in [1.82, 2.24) is 0 Å². The summed E-state index contributed by atoms with van der Waals surface area (Å²) < 4.78 is 4.14. The molecule has 0 aromatic heterocycles. The van der Waals surface area contributed by atoms with Gasteiger partial charge in [-0.1, -0.05) is 0 Å². The van der Waals surface area contributed by atoms with E-state index in [-0.39, 0.29) is 6.61 Å². The molecule has 0 rings (SSSR count). The van der Waals surface area contributed by atoms with Gasteiger partial charge in [-0.2, -0.15) is 0 Å². The van der Waals surface area contributed by atoms with Crippen molar-refractivity contribution in [3.05, 3.63) is 0 Å². The van der Waals surface area contributed by atoms with E-state index in [4.69, 9.17) is 14.9 Å². The second kappa shape index (κ2) is 3.08. The molecule has 0 atom stereocenters. The van der Waals surface area contributed by atoms with E-state index in [9.17, 15) is 4.79 Å². The van der Waals surface area contributed by atoms with E-state index in [1.54, 1.807) is 0 Å². The van der Waals surface area contributed by atoms with E-state index in [1.807, 2.05) is 0 Å². The molecule has 0 radical (unpaired) electrons. The third kappa shape index (κ3) is 2.72. The Bertz CT molecular complexity index is 111. The first-order chi connectivity index (χ1) is 4.00. The molecule has 0 aliphatic rings. The molecule has 0 fully saturated rings. The van der Waals surface area contributed by atoms with E-state index in [0.717, 1.165) is 0 Å². The summed E-state index contributed by atoms with van der Waals surface area (Å²) in [6, 6.07) is 0. The Hall–Kier alpha value is -0.220. The van der Waals surface area contributed by atoms with Crippen LogP contribution < -0.4 is 0 Å². The molecular formula is C3H9O5P. The predicted molar refractivity (Wildman–Crippen MR) is 32.4 cm³/mol. The molecule has 0 unspecified atom stereocenters. The maximum absolute atomic E-state index is 9.85. The molecule has 0 saturated carbocycles. The third-order valence-corrected chi connectivity index (χ3v) is 1.87. The molecular weight excluding hydrogens is 147 g/mol. The van der Waals surface area contributed by atoms with Crippen molar-refractivity contribution in [3.8, 4) is 0 Å². The molecule has 3 N–H and O–H groups in total. The first-order valence-electron chi connectivity index (χ1n) is 2.32. The van der Waals surface area contributed by atoms with E-state index >= 15 is 0 Å². The van der Waals surface area contributed by atoms with Crippen LogP contribution in [0.5, 0.6) is 0 Å². The molecule has 0 aromatic carbocycles. The van der Waals surface area contributed by atoms with Gasteiger partial charge < -0.3 is 0 Å². The van der Waals surface area contributed by atoms with Crippen molar-refractivity contribution in [1.29, 1.82) is 0 Å². The second-order valence-electron chi connectivity index (χ2n) is 1.35. The summed E-state index contributed by atoms with van der Waals surface area (Å²) in [6.45, 7) is 1.47. The van der Waals surface area contributed by atoms with Crippen LogP contribution in [0.15, 0.2) is 0 Å². The van der Waals surface area contributed by atoms with Gasteiger partial charge in [-0.25, -0.2) is 0 Å². The van der Waals surface area contributed by atoms with Gasteiger partial charge in [0.15, 0.2) is 0 Å². The van der Waals surface area contributed by atoms with Crippen LogP contribution in [0.1, 0.15) is 6.92 Å². The third-order valence-electron chi connectivity index (χ3n) is 0.624. The number of carboxylic acid groups (broad SMARTS) is 1. The van der Waals surface area contributed by atoms with Crippen molar-refractivity contribution in [2.75, 3.05) is 6.61 Å². The van der Waals surface area contributed by atoms with E-state index in [1.165, 1.54) is 6.92 Å².